The van der Waals surface area contributed by atoms with E-state index in [1.54, 1.807) is 6.92 Å². The Morgan fingerprint density at radius 3 is 2.58 bits per heavy atom. The van der Waals surface area contributed by atoms with Gasteiger partial charge in [0.1, 0.15) is 5.78 Å². The summed E-state index contributed by atoms with van der Waals surface area (Å²) in [6.45, 7) is 5.87. The molecule has 4 atom stereocenters. The summed E-state index contributed by atoms with van der Waals surface area (Å²) >= 11 is 0. The van der Waals surface area contributed by atoms with Crippen LogP contribution in [0, 0.1) is 23.7 Å². The lowest BCUT2D eigenvalue weighted by Crippen LogP contribution is -2.35. The SMILES string of the molecule is CC(=O)NCc1ccc(C2=C3C4CC(C(C)=O)C(C4)C3C(C)=NN2)cc1. The van der Waals surface area contributed by atoms with Crippen LogP contribution < -0.4 is 10.7 Å². The Kier molecular flexibility index (Phi) is 4.17. The molecule has 0 radical (unpaired) electrons. The number of hydrazone groups is 1. The van der Waals surface area contributed by atoms with Crippen molar-refractivity contribution in [3.05, 3.63) is 41.0 Å². The molecule has 26 heavy (non-hydrogen) atoms. The molecule has 3 aliphatic rings. The Bertz CT molecular complexity index is 822. The average Bonchev–Trinajstić information content (AvgIpc) is 3.21. The van der Waals surface area contributed by atoms with Crippen LogP contribution in [-0.4, -0.2) is 17.4 Å². The average molecular weight is 351 g/mol. The van der Waals surface area contributed by atoms with Gasteiger partial charge in [-0.05, 0) is 55.2 Å². The summed E-state index contributed by atoms with van der Waals surface area (Å²) in [5.74, 6) is 1.68. The van der Waals surface area contributed by atoms with Crippen LogP contribution in [-0.2, 0) is 16.1 Å². The topological polar surface area (TPSA) is 70.6 Å². The van der Waals surface area contributed by atoms with E-state index in [4.69, 9.17) is 0 Å². The lowest BCUT2D eigenvalue weighted by atomic mass is 9.72. The zero-order valence-electron chi connectivity index (χ0n) is 15.5. The minimum absolute atomic E-state index is 0.0254. The molecule has 0 spiro atoms. The van der Waals surface area contributed by atoms with Gasteiger partial charge in [-0.3, -0.25) is 15.0 Å². The van der Waals surface area contributed by atoms with Crippen molar-refractivity contribution in [3.8, 4) is 0 Å². The van der Waals surface area contributed by atoms with Gasteiger partial charge in [0.25, 0.3) is 0 Å². The first kappa shape index (κ1) is 17.0. The Morgan fingerprint density at radius 1 is 1.19 bits per heavy atom. The van der Waals surface area contributed by atoms with Gasteiger partial charge in [-0.1, -0.05) is 24.3 Å². The van der Waals surface area contributed by atoms with Gasteiger partial charge in [0.15, 0.2) is 0 Å². The van der Waals surface area contributed by atoms with Crippen molar-refractivity contribution in [2.75, 3.05) is 0 Å². The van der Waals surface area contributed by atoms with E-state index in [9.17, 15) is 9.59 Å². The van der Waals surface area contributed by atoms with E-state index >= 15 is 0 Å². The highest BCUT2D eigenvalue weighted by Crippen LogP contribution is 2.58. The molecule has 0 aromatic heterocycles. The second-order valence-corrected chi connectivity index (χ2v) is 7.83. The van der Waals surface area contributed by atoms with E-state index in [-0.39, 0.29) is 11.8 Å². The summed E-state index contributed by atoms with van der Waals surface area (Å²) in [7, 11) is 0. The maximum Gasteiger partial charge on any atom is 0.217 e. The number of ketones is 1. The minimum atomic E-state index is -0.0254. The lowest BCUT2D eigenvalue weighted by molar-refractivity contribution is -0.122. The van der Waals surface area contributed by atoms with Gasteiger partial charge >= 0.3 is 0 Å². The van der Waals surface area contributed by atoms with Crippen molar-refractivity contribution >= 4 is 23.1 Å². The van der Waals surface area contributed by atoms with Crippen LogP contribution >= 0.6 is 0 Å². The largest absolute Gasteiger partial charge is 0.352 e. The second-order valence-electron chi connectivity index (χ2n) is 7.83. The molecule has 2 fully saturated rings. The van der Waals surface area contributed by atoms with E-state index in [1.807, 2.05) is 12.1 Å². The third-order valence-electron chi connectivity index (χ3n) is 6.20. The molecule has 2 N–H and O–H groups in total. The summed E-state index contributed by atoms with van der Waals surface area (Å²) in [5, 5.41) is 7.39. The first-order valence-electron chi connectivity index (χ1n) is 9.34. The Morgan fingerprint density at radius 2 is 1.92 bits per heavy atom. The highest BCUT2D eigenvalue weighted by atomic mass is 16.1. The van der Waals surface area contributed by atoms with E-state index in [0.717, 1.165) is 35.4 Å². The van der Waals surface area contributed by atoms with Crippen molar-refractivity contribution in [1.29, 1.82) is 0 Å². The summed E-state index contributed by atoms with van der Waals surface area (Å²) in [4.78, 5) is 23.1. The first-order valence-corrected chi connectivity index (χ1v) is 9.34. The monoisotopic (exact) mass is 351 g/mol. The van der Waals surface area contributed by atoms with E-state index in [1.165, 1.54) is 12.5 Å². The molecule has 136 valence electrons. The number of amides is 1. The molecule has 5 heteroatoms. The fourth-order valence-corrected chi connectivity index (χ4v) is 5.06. The standard InChI is InChI=1S/C21H25N3O2/c1-11-19-18-9-16(8-17(18)12(2)25)20(19)21(24-23-11)15-6-4-14(5-7-15)10-22-13(3)26/h4-7,16-19,24H,8-10H2,1-3H3,(H,22,26). The number of benzene rings is 1. The highest BCUT2D eigenvalue weighted by molar-refractivity contribution is 5.94. The molecule has 1 heterocycles. The summed E-state index contributed by atoms with van der Waals surface area (Å²) < 4.78 is 0. The van der Waals surface area contributed by atoms with Crippen LogP contribution in [0.5, 0.6) is 0 Å². The summed E-state index contributed by atoms with van der Waals surface area (Å²) in [6, 6.07) is 8.28. The van der Waals surface area contributed by atoms with Crippen LogP contribution in [0.3, 0.4) is 0 Å². The number of hydrogen-bond donors (Lipinski definition) is 2. The van der Waals surface area contributed by atoms with E-state index in [0.29, 0.717) is 30.1 Å². The zero-order chi connectivity index (χ0) is 18.4. The molecule has 1 aliphatic heterocycles. The minimum Gasteiger partial charge on any atom is -0.352 e. The number of hydrogen-bond acceptors (Lipinski definition) is 4. The molecule has 4 rings (SSSR count). The molecule has 1 aromatic carbocycles. The van der Waals surface area contributed by atoms with Gasteiger partial charge in [-0.2, -0.15) is 5.10 Å². The molecule has 2 saturated carbocycles. The van der Waals surface area contributed by atoms with Gasteiger partial charge in [-0.15, -0.1) is 0 Å². The summed E-state index contributed by atoms with van der Waals surface area (Å²) in [5.41, 5.74) is 9.12. The van der Waals surface area contributed by atoms with Crippen LogP contribution in [0.25, 0.3) is 5.70 Å². The number of nitrogens with zero attached hydrogens (tertiary/aromatic N) is 1. The van der Waals surface area contributed by atoms with E-state index < -0.39 is 0 Å². The van der Waals surface area contributed by atoms with Crippen molar-refractivity contribution in [3.63, 3.8) is 0 Å². The molecule has 0 saturated heterocycles. The molecule has 4 unspecified atom stereocenters. The number of Topliss-reactive ketones (excluding diaryl/α,β-unsaturated/α-hetero) is 1. The first-order chi connectivity index (χ1) is 12.5. The van der Waals surface area contributed by atoms with Crippen molar-refractivity contribution in [1.82, 2.24) is 10.7 Å². The number of nitrogens with one attached hydrogen (secondary N) is 2. The molecule has 2 bridgehead atoms. The fourth-order valence-electron chi connectivity index (χ4n) is 5.06. The molecular formula is C21H25N3O2. The smallest absolute Gasteiger partial charge is 0.217 e. The van der Waals surface area contributed by atoms with Gasteiger partial charge in [0.05, 0.1) is 5.70 Å². The van der Waals surface area contributed by atoms with Crippen LogP contribution in [0.4, 0.5) is 0 Å². The normalized spacial score (nSPS) is 29.1. The van der Waals surface area contributed by atoms with Crippen LogP contribution in [0.15, 0.2) is 34.9 Å². The predicted molar refractivity (Wildman–Crippen MR) is 101 cm³/mol. The third kappa shape index (κ3) is 2.75. The zero-order valence-corrected chi connectivity index (χ0v) is 15.5. The molecular weight excluding hydrogens is 326 g/mol. The van der Waals surface area contributed by atoms with Gasteiger partial charge in [0, 0.05) is 31.0 Å². The third-order valence-corrected chi connectivity index (χ3v) is 6.20. The van der Waals surface area contributed by atoms with Gasteiger partial charge in [0.2, 0.25) is 5.91 Å². The predicted octanol–water partition coefficient (Wildman–Crippen LogP) is 2.87. The fraction of sp³-hybridized carbons (Fsp3) is 0.476. The molecule has 1 aromatic rings. The van der Waals surface area contributed by atoms with Crippen LogP contribution in [0.2, 0.25) is 0 Å². The van der Waals surface area contributed by atoms with Crippen molar-refractivity contribution in [2.24, 2.45) is 28.8 Å². The molecule has 5 nitrogen and oxygen atoms in total. The number of carbonyl (C=O) groups is 2. The number of fused-ring (bicyclic) bond motifs is 5. The Labute approximate surface area is 153 Å². The van der Waals surface area contributed by atoms with Gasteiger partial charge in [-0.25, -0.2) is 0 Å². The lowest BCUT2D eigenvalue weighted by Gasteiger charge is -2.34. The quantitative estimate of drug-likeness (QED) is 0.876. The number of allylic oxidation sites excluding steroid dienone is 1. The maximum absolute atomic E-state index is 12.0. The molecule has 1 amide bonds. The van der Waals surface area contributed by atoms with Gasteiger partial charge < -0.3 is 5.32 Å². The Hall–Kier alpha value is -2.43. The second kappa shape index (κ2) is 6.38. The summed E-state index contributed by atoms with van der Waals surface area (Å²) in [6.07, 6.45) is 2.08. The number of rotatable bonds is 4. The number of carbonyl (C=O) groups excluding carboxylic acids is 2. The van der Waals surface area contributed by atoms with Crippen LogP contribution in [0.1, 0.15) is 44.7 Å². The Balaban J connectivity index is 1.63. The van der Waals surface area contributed by atoms with Crippen molar-refractivity contribution < 1.29 is 9.59 Å². The maximum atomic E-state index is 12.0. The molecule has 2 aliphatic carbocycles. The highest BCUT2D eigenvalue weighted by Gasteiger charge is 2.53. The van der Waals surface area contributed by atoms with E-state index in [2.05, 4.69) is 34.9 Å². The van der Waals surface area contributed by atoms with Crippen molar-refractivity contribution in [2.45, 2.75) is 40.2 Å².